The van der Waals surface area contributed by atoms with Gasteiger partial charge in [-0.15, -0.1) is 0 Å². The fourth-order valence-electron chi connectivity index (χ4n) is 1.92. The number of carbonyl (C=O) groups is 1. The van der Waals surface area contributed by atoms with Gasteiger partial charge < -0.3 is 9.84 Å². The number of hydrogen-bond donors (Lipinski definition) is 2. The maximum Gasteiger partial charge on any atom is 0.277 e. The zero-order valence-corrected chi connectivity index (χ0v) is 15.5. The van der Waals surface area contributed by atoms with E-state index in [9.17, 15) is 9.90 Å². The molecule has 2 N–H and O–H groups in total. The number of halogens is 2. The van der Waals surface area contributed by atoms with Crippen LogP contribution in [0.4, 0.5) is 0 Å². The first-order chi connectivity index (χ1) is 11.4. The summed E-state index contributed by atoms with van der Waals surface area (Å²) in [5.41, 5.74) is 4.42. The van der Waals surface area contributed by atoms with Gasteiger partial charge in [0.05, 0.1) is 6.21 Å². The summed E-state index contributed by atoms with van der Waals surface area (Å²) in [5.74, 6) is 0.255. The normalized spacial score (nSPS) is 10.8. The standard InChI is InChI=1S/C17H16BrClN2O3/c1-10-6-14(3-4-15(10)19)24-9-16(22)21-20-8-12-7-13(18)5-11(2)17(12)23/h3-8,23H,9H2,1-2H3,(H,21,22)/b20-8+. The maximum absolute atomic E-state index is 11.7. The third-order valence-corrected chi connectivity index (χ3v) is 4.07. The molecule has 0 fully saturated rings. The number of hydrogen-bond acceptors (Lipinski definition) is 4. The van der Waals surface area contributed by atoms with Gasteiger partial charge in [0.15, 0.2) is 6.61 Å². The lowest BCUT2D eigenvalue weighted by molar-refractivity contribution is -0.123. The summed E-state index contributed by atoms with van der Waals surface area (Å²) < 4.78 is 6.18. The second-order valence-electron chi connectivity index (χ2n) is 5.15. The van der Waals surface area contributed by atoms with Crippen molar-refractivity contribution in [1.82, 2.24) is 5.43 Å². The lowest BCUT2D eigenvalue weighted by atomic mass is 10.1. The van der Waals surface area contributed by atoms with E-state index in [0.29, 0.717) is 21.9 Å². The van der Waals surface area contributed by atoms with Crippen LogP contribution in [0.15, 0.2) is 39.9 Å². The highest BCUT2D eigenvalue weighted by atomic mass is 79.9. The van der Waals surface area contributed by atoms with Gasteiger partial charge in [-0.05, 0) is 55.3 Å². The van der Waals surface area contributed by atoms with Crippen molar-refractivity contribution in [2.24, 2.45) is 5.10 Å². The Morgan fingerprint density at radius 2 is 2.08 bits per heavy atom. The zero-order chi connectivity index (χ0) is 17.7. The maximum atomic E-state index is 11.7. The van der Waals surface area contributed by atoms with Gasteiger partial charge in [0.25, 0.3) is 5.91 Å². The van der Waals surface area contributed by atoms with Crippen LogP contribution < -0.4 is 10.2 Å². The predicted molar refractivity (Wildman–Crippen MR) is 98.0 cm³/mol. The highest BCUT2D eigenvalue weighted by molar-refractivity contribution is 9.10. The van der Waals surface area contributed by atoms with E-state index in [1.165, 1.54) is 6.21 Å². The summed E-state index contributed by atoms with van der Waals surface area (Å²) in [7, 11) is 0. The first-order valence-corrected chi connectivity index (χ1v) is 8.24. The van der Waals surface area contributed by atoms with E-state index in [1.807, 2.05) is 6.92 Å². The number of amides is 1. The molecule has 0 bridgehead atoms. The molecule has 0 aliphatic heterocycles. The Balaban J connectivity index is 1.90. The molecule has 0 spiro atoms. The van der Waals surface area contributed by atoms with Crippen molar-refractivity contribution in [3.63, 3.8) is 0 Å². The van der Waals surface area contributed by atoms with Crippen molar-refractivity contribution in [1.29, 1.82) is 0 Å². The molecule has 0 radical (unpaired) electrons. The van der Waals surface area contributed by atoms with Crippen molar-refractivity contribution in [3.05, 3.63) is 56.5 Å². The van der Waals surface area contributed by atoms with Crippen molar-refractivity contribution in [2.75, 3.05) is 6.61 Å². The van der Waals surface area contributed by atoms with Crippen LogP contribution in [0.5, 0.6) is 11.5 Å². The lowest BCUT2D eigenvalue weighted by Crippen LogP contribution is -2.24. The second-order valence-corrected chi connectivity index (χ2v) is 6.48. The minimum atomic E-state index is -0.412. The third-order valence-electron chi connectivity index (χ3n) is 3.19. The van der Waals surface area contributed by atoms with E-state index in [-0.39, 0.29) is 12.4 Å². The number of carbonyl (C=O) groups excluding carboxylic acids is 1. The van der Waals surface area contributed by atoms with Gasteiger partial charge in [-0.25, -0.2) is 5.43 Å². The molecule has 0 aromatic heterocycles. The Morgan fingerprint density at radius 1 is 1.33 bits per heavy atom. The Morgan fingerprint density at radius 3 is 2.79 bits per heavy atom. The Kier molecular flexibility index (Phi) is 6.23. The number of hydrazone groups is 1. The molecule has 0 aliphatic rings. The summed E-state index contributed by atoms with van der Waals surface area (Å²) in [6.07, 6.45) is 1.37. The number of aryl methyl sites for hydroxylation is 2. The van der Waals surface area contributed by atoms with E-state index >= 15 is 0 Å². The monoisotopic (exact) mass is 410 g/mol. The van der Waals surface area contributed by atoms with E-state index in [0.717, 1.165) is 10.0 Å². The molecule has 7 heteroatoms. The molecule has 0 unspecified atom stereocenters. The van der Waals surface area contributed by atoms with Crippen molar-refractivity contribution >= 4 is 39.7 Å². The molecule has 0 saturated carbocycles. The van der Waals surface area contributed by atoms with Crippen molar-refractivity contribution in [3.8, 4) is 11.5 Å². The van der Waals surface area contributed by atoms with E-state index in [1.54, 1.807) is 37.3 Å². The molecule has 0 aliphatic carbocycles. The molecule has 1 amide bonds. The molecule has 0 saturated heterocycles. The summed E-state index contributed by atoms with van der Waals surface area (Å²) in [4.78, 5) is 11.7. The summed E-state index contributed by atoms with van der Waals surface area (Å²) in [5, 5.41) is 14.4. The number of nitrogens with zero attached hydrogens (tertiary/aromatic N) is 1. The van der Waals surface area contributed by atoms with Crippen molar-refractivity contribution in [2.45, 2.75) is 13.8 Å². The number of benzene rings is 2. The summed E-state index contributed by atoms with van der Waals surface area (Å²) in [6, 6.07) is 8.63. The molecular weight excluding hydrogens is 396 g/mol. The summed E-state index contributed by atoms with van der Waals surface area (Å²) >= 11 is 9.27. The van der Waals surface area contributed by atoms with Gasteiger partial charge >= 0.3 is 0 Å². The van der Waals surface area contributed by atoms with Crippen LogP contribution in [0.25, 0.3) is 0 Å². The number of rotatable bonds is 5. The Labute approximate surface area is 153 Å². The first kappa shape index (κ1) is 18.3. The number of nitrogens with one attached hydrogen (secondary N) is 1. The van der Waals surface area contributed by atoms with Crippen LogP contribution >= 0.6 is 27.5 Å². The molecule has 126 valence electrons. The van der Waals surface area contributed by atoms with Crippen molar-refractivity contribution < 1.29 is 14.6 Å². The van der Waals surface area contributed by atoms with E-state index in [4.69, 9.17) is 16.3 Å². The third kappa shape index (κ3) is 4.97. The van der Waals surface area contributed by atoms with Crippen LogP contribution in [0.2, 0.25) is 5.02 Å². The molecule has 0 atom stereocenters. The molecule has 2 aromatic carbocycles. The van der Waals surface area contributed by atoms with Crippen LogP contribution in [0, 0.1) is 13.8 Å². The number of aromatic hydroxyl groups is 1. The topological polar surface area (TPSA) is 70.9 Å². The van der Waals surface area contributed by atoms with E-state index < -0.39 is 5.91 Å². The number of ether oxygens (including phenoxy) is 1. The summed E-state index contributed by atoms with van der Waals surface area (Å²) in [6.45, 7) is 3.45. The predicted octanol–water partition coefficient (Wildman–Crippen LogP) is 3.95. The molecule has 24 heavy (non-hydrogen) atoms. The van der Waals surface area contributed by atoms with Crippen LogP contribution in [-0.4, -0.2) is 23.8 Å². The molecular formula is C17H16BrClN2O3. The fourth-order valence-corrected chi connectivity index (χ4v) is 2.63. The van der Waals surface area contributed by atoms with Gasteiger partial charge in [-0.3, -0.25) is 4.79 Å². The van der Waals surface area contributed by atoms with E-state index in [2.05, 4.69) is 26.5 Å². The molecule has 2 rings (SSSR count). The number of phenols is 1. The smallest absolute Gasteiger partial charge is 0.277 e. The highest BCUT2D eigenvalue weighted by Gasteiger charge is 2.05. The largest absolute Gasteiger partial charge is 0.507 e. The molecule has 5 nitrogen and oxygen atoms in total. The van der Waals surface area contributed by atoms with Crippen LogP contribution in [0.3, 0.4) is 0 Å². The van der Waals surface area contributed by atoms with Gasteiger partial charge in [0.1, 0.15) is 11.5 Å². The SMILES string of the molecule is Cc1cc(OCC(=O)N/N=C/c2cc(Br)cc(C)c2O)ccc1Cl. The van der Waals surface area contributed by atoms with Gasteiger partial charge in [-0.2, -0.15) is 5.10 Å². The minimum Gasteiger partial charge on any atom is -0.507 e. The average Bonchev–Trinajstić information content (AvgIpc) is 2.53. The lowest BCUT2D eigenvalue weighted by Gasteiger charge is -2.07. The fraction of sp³-hybridized carbons (Fsp3) is 0.176. The van der Waals surface area contributed by atoms with Crippen LogP contribution in [-0.2, 0) is 4.79 Å². The first-order valence-electron chi connectivity index (χ1n) is 7.07. The minimum absolute atomic E-state index is 0.115. The average molecular weight is 412 g/mol. The quantitative estimate of drug-likeness (QED) is 0.578. The number of phenolic OH excluding ortho intramolecular Hbond substituents is 1. The second kappa shape index (κ2) is 8.17. The Hall–Kier alpha value is -2.05. The van der Waals surface area contributed by atoms with Crippen LogP contribution in [0.1, 0.15) is 16.7 Å². The highest BCUT2D eigenvalue weighted by Crippen LogP contribution is 2.25. The van der Waals surface area contributed by atoms with Gasteiger partial charge in [0.2, 0.25) is 0 Å². The Bertz CT molecular complexity index is 794. The zero-order valence-electron chi connectivity index (χ0n) is 13.1. The van der Waals surface area contributed by atoms with Gasteiger partial charge in [-0.1, -0.05) is 27.5 Å². The molecule has 0 heterocycles. The molecule has 2 aromatic rings. The van der Waals surface area contributed by atoms with Gasteiger partial charge in [0, 0.05) is 15.1 Å².